The van der Waals surface area contributed by atoms with Crippen molar-refractivity contribution in [3.8, 4) is 0 Å². The summed E-state index contributed by atoms with van der Waals surface area (Å²) in [5.41, 5.74) is 0.0808. The Bertz CT molecular complexity index is 885. The number of carbonyl (C=O) groups is 1. The summed E-state index contributed by atoms with van der Waals surface area (Å²) in [7, 11) is 0. The van der Waals surface area contributed by atoms with Crippen LogP contribution in [0.25, 0.3) is 0 Å². The number of rotatable bonds is 20. The third-order valence-corrected chi connectivity index (χ3v) is 6.94. The number of carbonyl (C=O) groups excluding carboxylic acids is 1. The van der Waals surface area contributed by atoms with Gasteiger partial charge in [0.05, 0.1) is 18.4 Å². The molecule has 0 saturated carbocycles. The van der Waals surface area contributed by atoms with Crippen LogP contribution < -0.4 is 0 Å². The van der Waals surface area contributed by atoms with Gasteiger partial charge in [0.15, 0.2) is 12.2 Å². The SMILES string of the molecule is CC[C@H](C)CCCCCCCCCCC(=O)O[C@@H](c1cnco1)c1nc([C@@H](O)C[C@@H](O)[C@@H](O)[C@@H](C)O)co1. The number of hydrogen-bond acceptors (Lipinski definition) is 10. The van der Waals surface area contributed by atoms with E-state index in [2.05, 4.69) is 23.8 Å². The molecule has 38 heavy (non-hydrogen) atoms. The quantitative estimate of drug-likeness (QED) is 0.137. The fourth-order valence-electron chi connectivity index (χ4n) is 4.19. The summed E-state index contributed by atoms with van der Waals surface area (Å²) < 4.78 is 16.4. The van der Waals surface area contributed by atoms with Crippen molar-refractivity contribution in [3.05, 3.63) is 36.2 Å². The van der Waals surface area contributed by atoms with Crippen molar-refractivity contribution in [1.29, 1.82) is 0 Å². The van der Waals surface area contributed by atoms with Gasteiger partial charge >= 0.3 is 5.97 Å². The first kappa shape index (κ1) is 31.9. The van der Waals surface area contributed by atoms with Gasteiger partial charge < -0.3 is 34.0 Å². The molecule has 2 heterocycles. The van der Waals surface area contributed by atoms with E-state index in [9.17, 15) is 25.2 Å². The van der Waals surface area contributed by atoms with E-state index in [0.29, 0.717) is 0 Å². The van der Waals surface area contributed by atoms with Gasteiger partial charge in [-0.2, -0.15) is 0 Å². The second-order valence-corrected chi connectivity index (χ2v) is 10.3. The van der Waals surface area contributed by atoms with Crippen molar-refractivity contribution in [3.63, 3.8) is 0 Å². The van der Waals surface area contributed by atoms with Gasteiger partial charge in [-0.05, 0) is 19.3 Å². The van der Waals surface area contributed by atoms with Crippen molar-refractivity contribution in [1.82, 2.24) is 9.97 Å². The molecule has 0 aliphatic rings. The highest BCUT2D eigenvalue weighted by Crippen LogP contribution is 2.29. The van der Waals surface area contributed by atoms with Crippen molar-refractivity contribution in [2.24, 2.45) is 5.92 Å². The van der Waals surface area contributed by atoms with Crippen LogP contribution in [0.4, 0.5) is 0 Å². The molecule has 0 aliphatic carbocycles. The minimum absolute atomic E-state index is 0.0111. The maximum atomic E-state index is 12.5. The highest BCUT2D eigenvalue weighted by atomic mass is 16.6. The lowest BCUT2D eigenvalue weighted by Gasteiger charge is -2.21. The van der Waals surface area contributed by atoms with E-state index in [4.69, 9.17) is 13.6 Å². The van der Waals surface area contributed by atoms with Crippen LogP contribution in [0.1, 0.15) is 127 Å². The molecule has 2 aromatic rings. The number of aliphatic hydroxyl groups excluding tert-OH is 4. The molecule has 0 unspecified atom stereocenters. The zero-order valence-corrected chi connectivity index (χ0v) is 23.0. The highest BCUT2D eigenvalue weighted by Gasteiger charge is 2.30. The number of hydrogen-bond donors (Lipinski definition) is 4. The van der Waals surface area contributed by atoms with Gasteiger partial charge in [0.1, 0.15) is 24.2 Å². The Labute approximate surface area is 225 Å². The molecule has 0 aliphatic heterocycles. The fraction of sp³-hybridized carbons (Fsp3) is 0.750. The summed E-state index contributed by atoms with van der Waals surface area (Å²) in [6.45, 7) is 5.89. The molecule has 0 amide bonds. The van der Waals surface area contributed by atoms with Gasteiger partial charge in [0, 0.05) is 12.8 Å². The molecule has 0 radical (unpaired) electrons. The average molecular weight is 539 g/mol. The molecule has 6 atom stereocenters. The molecule has 0 aromatic carbocycles. The number of aromatic nitrogens is 2. The topological polar surface area (TPSA) is 159 Å². The molecule has 0 fully saturated rings. The van der Waals surface area contributed by atoms with Crippen LogP contribution in [-0.2, 0) is 9.53 Å². The Morgan fingerprint density at radius 2 is 1.63 bits per heavy atom. The molecule has 2 aromatic heterocycles. The van der Waals surface area contributed by atoms with Crippen LogP contribution in [0.3, 0.4) is 0 Å². The zero-order chi connectivity index (χ0) is 27.9. The molecule has 10 nitrogen and oxygen atoms in total. The average Bonchev–Trinajstić information content (AvgIpc) is 3.60. The second kappa shape index (κ2) is 17.3. The first-order chi connectivity index (χ1) is 18.2. The van der Waals surface area contributed by atoms with Crippen LogP contribution >= 0.6 is 0 Å². The maximum absolute atomic E-state index is 12.5. The van der Waals surface area contributed by atoms with Crippen molar-refractivity contribution in [2.45, 2.75) is 128 Å². The van der Waals surface area contributed by atoms with Crippen LogP contribution in [-0.4, -0.2) is 54.7 Å². The molecule has 4 N–H and O–H groups in total. The number of ether oxygens (including phenoxy) is 1. The monoisotopic (exact) mass is 538 g/mol. The van der Waals surface area contributed by atoms with Crippen molar-refractivity contribution >= 4 is 5.97 Å². The van der Waals surface area contributed by atoms with Gasteiger partial charge in [-0.15, -0.1) is 0 Å². The van der Waals surface area contributed by atoms with Crippen LogP contribution in [0.15, 0.2) is 27.7 Å². The smallest absolute Gasteiger partial charge is 0.307 e. The van der Waals surface area contributed by atoms with Crippen LogP contribution in [0.5, 0.6) is 0 Å². The number of oxazole rings is 2. The molecule has 2 rings (SSSR count). The van der Waals surface area contributed by atoms with Crippen molar-refractivity contribution in [2.75, 3.05) is 0 Å². The Balaban J connectivity index is 1.77. The lowest BCUT2D eigenvalue weighted by Crippen LogP contribution is -2.36. The third-order valence-electron chi connectivity index (χ3n) is 6.94. The second-order valence-electron chi connectivity index (χ2n) is 10.3. The fourth-order valence-corrected chi connectivity index (χ4v) is 4.19. The van der Waals surface area contributed by atoms with Crippen molar-refractivity contribution < 1.29 is 38.8 Å². The summed E-state index contributed by atoms with van der Waals surface area (Å²) in [6.07, 6.45) is 9.05. The molecular weight excluding hydrogens is 492 g/mol. The summed E-state index contributed by atoms with van der Waals surface area (Å²) >= 11 is 0. The molecule has 216 valence electrons. The van der Waals surface area contributed by atoms with Crippen LogP contribution in [0.2, 0.25) is 0 Å². The predicted molar refractivity (Wildman–Crippen MR) is 140 cm³/mol. The van der Waals surface area contributed by atoms with Crippen LogP contribution in [0, 0.1) is 5.92 Å². The largest absolute Gasteiger partial charge is 0.445 e. The van der Waals surface area contributed by atoms with Gasteiger partial charge in [0.2, 0.25) is 12.0 Å². The van der Waals surface area contributed by atoms with E-state index in [1.54, 1.807) is 0 Å². The van der Waals surface area contributed by atoms with E-state index < -0.39 is 36.5 Å². The summed E-state index contributed by atoms with van der Waals surface area (Å²) in [4.78, 5) is 20.6. The van der Waals surface area contributed by atoms with E-state index in [1.807, 2.05) is 0 Å². The Hall–Kier alpha value is -2.27. The highest BCUT2D eigenvalue weighted by molar-refractivity contribution is 5.69. The first-order valence-corrected chi connectivity index (χ1v) is 14.0. The van der Waals surface area contributed by atoms with E-state index in [1.165, 1.54) is 70.7 Å². The molecular formula is C28H46N2O8. The summed E-state index contributed by atoms with van der Waals surface area (Å²) in [6, 6.07) is 0. The third kappa shape index (κ3) is 11.2. The van der Waals surface area contributed by atoms with Gasteiger partial charge in [0.25, 0.3) is 0 Å². The summed E-state index contributed by atoms with van der Waals surface area (Å²) in [5.74, 6) is 0.612. The zero-order valence-electron chi connectivity index (χ0n) is 23.0. The Kier molecular flexibility index (Phi) is 14.6. The Morgan fingerprint density at radius 1 is 0.974 bits per heavy atom. The number of nitrogens with zero attached hydrogens (tertiary/aromatic N) is 2. The minimum atomic E-state index is -1.42. The summed E-state index contributed by atoms with van der Waals surface area (Å²) in [5, 5.41) is 39.6. The maximum Gasteiger partial charge on any atom is 0.307 e. The van der Waals surface area contributed by atoms with E-state index in [-0.39, 0.29) is 30.2 Å². The van der Waals surface area contributed by atoms with Gasteiger partial charge in [-0.25, -0.2) is 9.97 Å². The predicted octanol–water partition coefficient (Wildman–Crippen LogP) is 4.77. The lowest BCUT2D eigenvalue weighted by atomic mass is 9.99. The molecule has 0 bridgehead atoms. The first-order valence-electron chi connectivity index (χ1n) is 14.0. The normalized spacial score (nSPS) is 16.5. The lowest BCUT2D eigenvalue weighted by molar-refractivity contribution is -0.149. The molecule has 0 saturated heterocycles. The molecule has 10 heteroatoms. The minimum Gasteiger partial charge on any atom is -0.445 e. The van der Waals surface area contributed by atoms with E-state index in [0.717, 1.165) is 25.2 Å². The van der Waals surface area contributed by atoms with Gasteiger partial charge in [-0.3, -0.25) is 4.79 Å². The van der Waals surface area contributed by atoms with Gasteiger partial charge in [-0.1, -0.05) is 71.6 Å². The number of aliphatic hydroxyl groups is 4. The standard InChI is InChI=1S/C28H46N2O8/c1-4-19(2)13-11-9-7-5-6-8-10-12-14-25(34)38-27(24-16-29-18-37-24)28-30-21(17-36-28)22(32)15-23(33)26(35)20(3)31/h16-20,22-23,26-27,31-33,35H,4-15H2,1-3H3/t19-,20+,22-,23+,26-,27-/m0/s1. The Morgan fingerprint density at radius 3 is 2.24 bits per heavy atom. The van der Waals surface area contributed by atoms with E-state index >= 15 is 0 Å². The number of unbranched alkanes of at least 4 members (excludes halogenated alkanes) is 7. The number of esters is 1. The molecule has 0 spiro atoms.